The molecule has 0 saturated carbocycles. The van der Waals surface area contributed by atoms with E-state index in [1.165, 1.54) is 12.7 Å². The lowest BCUT2D eigenvalue weighted by molar-refractivity contribution is 0.0693. The number of ether oxygens (including phenoxy) is 1. The average molecular weight is 286 g/mol. The molecule has 0 heterocycles. The normalized spacial score (nSPS) is 10.4. The highest BCUT2D eigenvalue weighted by atomic mass is 16.5. The summed E-state index contributed by atoms with van der Waals surface area (Å²) in [5.74, 6) is -0.603. The summed E-state index contributed by atoms with van der Waals surface area (Å²) in [7, 11) is 1.47. The number of aromatic carboxylic acids is 1. The molecule has 0 amide bonds. The van der Waals surface area contributed by atoms with Crippen molar-refractivity contribution < 1.29 is 19.7 Å². The monoisotopic (exact) mass is 286 g/mol. The Morgan fingerprint density at radius 3 is 2.14 bits per heavy atom. The van der Waals surface area contributed by atoms with Crippen molar-refractivity contribution in [2.45, 2.75) is 19.4 Å². The Morgan fingerprint density at radius 2 is 1.57 bits per heavy atom. The van der Waals surface area contributed by atoms with Crippen molar-refractivity contribution in [3.63, 3.8) is 0 Å². The van der Waals surface area contributed by atoms with Gasteiger partial charge in [0.1, 0.15) is 11.3 Å². The second-order valence-electron chi connectivity index (χ2n) is 4.81. The van der Waals surface area contributed by atoms with Gasteiger partial charge < -0.3 is 14.9 Å². The molecule has 0 unspecified atom stereocenters. The minimum Gasteiger partial charge on any atom is -0.496 e. The number of carboxylic acids is 1. The highest BCUT2D eigenvalue weighted by molar-refractivity contribution is 5.90. The quantitative estimate of drug-likeness (QED) is 0.856. The van der Waals surface area contributed by atoms with E-state index in [1.54, 1.807) is 12.1 Å². The molecule has 21 heavy (non-hydrogen) atoms. The van der Waals surface area contributed by atoms with E-state index in [4.69, 9.17) is 14.9 Å². The molecule has 2 rings (SSSR count). The van der Waals surface area contributed by atoms with Gasteiger partial charge in [-0.3, -0.25) is 0 Å². The largest absolute Gasteiger partial charge is 0.496 e. The van der Waals surface area contributed by atoms with Crippen LogP contribution in [0.2, 0.25) is 0 Å². The van der Waals surface area contributed by atoms with E-state index in [0.29, 0.717) is 5.75 Å². The van der Waals surface area contributed by atoms with Crippen LogP contribution in [-0.4, -0.2) is 23.3 Å². The number of hydrogen-bond acceptors (Lipinski definition) is 3. The summed E-state index contributed by atoms with van der Waals surface area (Å²) in [4.78, 5) is 11.0. The van der Waals surface area contributed by atoms with Gasteiger partial charge in [0.2, 0.25) is 0 Å². The van der Waals surface area contributed by atoms with E-state index < -0.39 is 5.97 Å². The molecule has 2 N–H and O–H groups in total. The standard InChI is InChI=1S/C17H18O4/c1-21-16-10-13(8-9-15(16)17(19)20)5-2-12-3-6-14(11-18)7-4-12/h3-4,6-10,18H,2,5,11H2,1H3,(H,19,20). The van der Waals surface area contributed by atoms with E-state index in [9.17, 15) is 4.79 Å². The predicted molar refractivity (Wildman–Crippen MR) is 79.7 cm³/mol. The smallest absolute Gasteiger partial charge is 0.339 e. The Bertz CT molecular complexity index is 617. The number of carboxylic acid groups (broad SMARTS) is 1. The van der Waals surface area contributed by atoms with Gasteiger partial charge in [0.05, 0.1) is 13.7 Å². The van der Waals surface area contributed by atoms with Crippen molar-refractivity contribution in [2.24, 2.45) is 0 Å². The van der Waals surface area contributed by atoms with E-state index >= 15 is 0 Å². The molecule has 0 bridgehead atoms. The van der Waals surface area contributed by atoms with Crippen molar-refractivity contribution in [3.8, 4) is 5.75 Å². The fourth-order valence-corrected chi connectivity index (χ4v) is 2.17. The third kappa shape index (κ3) is 3.83. The maximum absolute atomic E-state index is 11.0. The maximum Gasteiger partial charge on any atom is 0.339 e. The fourth-order valence-electron chi connectivity index (χ4n) is 2.17. The van der Waals surface area contributed by atoms with Gasteiger partial charge >= 0.3 is 5.97 Å². The molecule has 0 aliphatic heterocycles. The molecule has 0 atom stereocenters. The molecule has 2 aromatic carbocycles. The highest BCUT2D eigenvalue weighted by Gasteiger charge is 2.11. The molecule has 0 aliphatic carbocycles. The molecule has 0 aromatic heterocycles. The minimum atomic E-state index is -0.988. The molecule has 0 radical (unpaired) electrons. The van der Waals surface area contributed by atoms with Crippen LogP contribution in [0, 0.1) is 0 Å². The summed E-state index contributed by atoms with van der Waals surface area (Å²) < 4.78 is 5.12. The lowest BCUT2D eigenvalue weighted by atomic mass is 10.0. The predicted octanol–water partition coefficient (Wildman–Crippen LogP) is 2.67. The first kappa shape index (κ1) is 15.1. The summed E-state index contributed by atoms with van der Waals surface area (Å²) in [6.07, 6.45) is 1.65. The lowest BCUT2D eigenvalue weighted by Gasteiger charge is -2.08. The minimum absolute atomic E-state index is 0.0497. The van der Waals surface area contributed by atoms with Crippen molar-refractivity contribution >= 4 is 5.97 Å². The van der Waals surface area contributed by atoms with Crippen LogP contribution in [0.15, 0.2) is 42.5 Å². The van der Waals surface area contributed by atoms with Crippen LogP contribution in [0.5, 0.6) is 5.75 Å². The topological polar surface area (TPSA) is 66.8 Å². The number of aryl methyl sites for hydroxylation is 2. The zero-order chi connectivity index (χ0) is 15.2. The molecule has 0 saturated heterocycles. The van der Waals surface area contributed by atoms with Crippen LogP contribution in [0.4, 0.5) is 0 Å². The first-order valence-electron chi connectivity index (χ1n) is 6.73. The summed E-state index contributed by atoms with van der Waals surface area (Å²) in [5, 5.41) is 18.0. The van der Waals surface area contributed by atoms with E-state index in [0.717, 1.165) is 24.0 Å². The molecule has 0 aliphatic rings. The molecule has 2 aromatic rings. The third-order valence-electron chi connectivity index (χ3n) is 3.40. The van der Waals surface area contributed by atoms with Crippen molar-refractivity contribution in [1.82, 2.24) is 0 Å². The van der Waals surface area contributed by atoms with Crippen LogP contribution in [0.25, 0.3) is 0 Å². The van der Waals surface area contributed by atoms with Gasteiger partial charge in [-0.25, -0.2) is 4.79 Å². The van der Waals surface area contributed by atoms with Gasteiger partial charge in [0.15, 0.2) is 0 Å². The van der Waals surface area contributed by atoms with Gasteiger partial charge in [-0.15, -0.1) is 0 Å². The molecule has 4 heteroatoms. The van der Waals surface area contributed by atoms with Crippen molar-refractivity contribution in [3.05, 3.63) is 64.7 Å². The molecule has 4 nitrogen and oxygen atoms in total. The van der Waals surface area contributed by atoms with Gasteiger partial charge in [-0.1, -0.05) is 30.3 Å². The first-order valence-corrected chi connectivity index (χ1v) is 6.73. The SMILES string of the molecule is COc1cc(CCc2ccc(CO)cc2)ccc1C(=O)O. The van der Waals surface area contributed by atoms with Gasteiger partial charge in [0.25, 0.3) is 0 Å². The summed E-state index contributed by atoms with van der Waals surface area (Å²) >= 11 is 0. The fraction of sp³-hybridized carbons (Fsp3) is 0.235. The number of hydrogen-bond donors (Lipinski definition) is 2. The molecule has 0 spiro atoms. The number of rotatable bonds is 6. The Hall–Kier alpha value is -2.33. The first-order chi connectivity index (χ1) is 10.1. The van der Waals surface area contributed by atoms with Crippen LogP contribution < -0.4 is 4.74 Å². The van der Waals surface area contributed by atoms with Gasteiger partial charge in [-0.2, -0.15) is 0 Å². The number of aliphatic hydroxyl groups is 1. The zero-order valence-electron chi connectivity index (χ0n) is 11.9. The lowest BCUT2D eigenvalue weighted by Crippen LogP contribution is -2.01. The van der Waals surface area contributed by atoms with E-state index in [1.807, 2.05) is 30.3 Å². The average Bonchev–Trinajstić information content (AvgIpc) is 2.52. The van der Waals surface area contributed by atoms with Gasteiger partial charge in [-0.05, 0) is 41.7 Å². The van der Waals surface area contributed by atoms with Crippen LogP contribution in [0.1, 0.15) is 27.0 Å². The van der Waals surface area contributed by atoms with Crippen LogP contribution in [-0.2, 0) is 19.4 Å². The number of carbonyl (C=O) groups is 1. The number of benzene rings is 2. The van der Waals surface area contributed by atoms with E-state index in [2.05, 4.69) is 0 Å². The maximum atomic E-state index is 11.0. The Kier molecular flexibility index (Phi) is 4.95. The Morgan fingerprint density at radius 1 is 1.00 bits per heavy atom. The molecular formula is C17H18O4. The van der Waals surface area contributed by atoms with Crippen LogP contribution in [0.3, 0.4) is 0 Å². The van der Waals surface area contributed by atoms with Crippen LogP contribution >= 0.6 is 0 Å². The molecule has 110 valence electrons. The van der Waals surface area contributed by atoms with E-state index in [-0.39, 0.29) is 12.2 Å². The van der Waals surface area contributed by atoms with Gasteiger partial charge in [0, 0.05) is 0 Å². The Labute approximate surface area is 123 Å². The van der Waals surface area contributed by atoms with Crippen molar-refractivity contribution in [1.29, 1.82) is 0 Å². The summed E-state index contributed by atoms with van der Waals surface area (Å²) in [5.41, 5.74) is 3.27. The number of aliphatic hydroxyl groups excluding tert-OH is 1. The Balaban J connectivity index is 2.07. The second-order valence-corrected chi connectivity index (χ2v) is 4.81. The van der Waals surface area contributed by atoms with Crippen molar-refractivity contribution in [2.75, 3.05) is 7.11 Å². The molecule has 0 fully saturated rings. The highest BCUT2D eigenvalue weighted by Crippen LogP contribution is 2.21. The third-order valence-corrected chi connectivity index (χ3v) is 3.40. The zero-order valence-corrected chi connectivity index (χ0v) is 11.9. The summed E-state index contributed by atoms with van der Waals surface area (Å²) in [6.45, 7) is 0.0497. The molecular weight excluding hydrogens is 268 g/mol. The summed E-state index contributed by atoms with van der Waals surface area (Å²) in [6, 6.07) is 13.0. The second kappa shape index (κ2) is 6.90. The number of methoxy groups -OCH3 is 1.